The van der Waals surface area contributed by atoms with Gasteiger partial charge >= 0.3 is 10.2 Å². The summed E-state index contributed by atoms with van der Waals surface area (Å²) in [6.45, 7) is 2.81. The van der Waals surface area contributed by atoms with Gasteiger partial charge in [-0.05, 0) is 47.3 Å². The van der Waals surface area contributed by atoms with Crippen LogP contribution in [0.15, 0.2) is 22.7 Å². The van der Waals surface area contributed by atoms with Crippen LogP contribution in [-0.2, 0) is 10.2 Å². The lowest BCUT2D eigenvalue weighted by molar-refractivity contribution is 0.259. The Kier molecular flexibility index (Phi) is 5.06. The Labute approximate surface area is 128 Å². The number of nitrogens with two attached hydrogens (primary N) is 1. The minimum atomic E-state index is -3.56. The van der Waals surface area contributed by atoms with Gasteiger partial charge < -0.3 is 5.73 Å². The van der Waals surface area contributed by atoms with Crippen LogP contribution in [0.1, 0.15) is 24.8 Å². The van der Waals surface area contributed by atoms with Crippen molar-refractivity contribution in [2.75, 3.05) is 17.8 Å². The Morgan fingerprint density at radius 1 is 1.45 bits per heavy atom. The molecule has 1 atom stereocenters. The quantitative estimate of drug-likeness (QED) is 0.863. The first-order chi connectivity index (χ1) is 9.45. The van der Waals surface area contributed by atoms with Crippen molar-refractivity contribution in [2.45, 2.75) is 32.2 Å². The summed E-state index contributed by atoms with van der Waals surface area (Å²) in [6, 6.07) is 5.39. The van der Waals surface area contributed by atoms with Gasteiger partial charge in [0.2, 0.25) is 0 Å². The molecule has 1 aliphatic heterocycles. The van der Waals surface area contributed by atoms with E-state index in [0.717, 1.165) is 29.3 Å². The van der Waals surface area contributed by atoms with Gasteiger partial charge in [0.05, 0.1) is 5.69 Å². The standard InChI is InChI=1S/C13H20BrN3O2S/c1-10-5-4-7-12(13(10)14)16-20(18,19)17-8-3-2-6-11(17)9-15/h4-5,7,11,16H,2-3,6,8-9,15H2,1H3. The van der Waals surface area contributed by atoms with Crippen molar-refractivity contribution >= 4 is 31.8 Å². The van der Waals surface area contributed by atoms with Gasteiger partial charge in [-0.15, -0.1) is 0 Å². The number of hydrogen-bond acceptors (Lipinski definition) is 3. The number of anilines is 1. The maximum Gasteiger partial charge on any atom is 0.301 e. The highest BCUT2D eigenvalue weighted by Crippen LogP contribution is 2.28. The summed E-state index contributed by atoms with van der Waals surface area (Å²) in [6.07, 6.45) is 2.74. The average Bonchev–Trinajstić information content (AvgIpc) is 2.43. The molecule has 0 aliphatic carbocycles. The predicted octanol–water partition coefficient (Wildman–Crippen LogP) is 2.23. The number of piperidine rings is 1. The Morgan fingerprint density at radius 2 is 2.20 bits per heavy atom. The summed E-state index contributed by atoms with van der Waals surface area (Å²) in [5.74, 6) is 0. The van der Waals surface area contributed by atoms with Crippen molar-refractivity contribution < 1.29 is 8.42 Å². The number of hydrogen-bond donors (Lipinski definition) is 2. The molecule has 0 bridgehead atoms. The first-order valence-electron chi connectivity index (χ1n) is 6.70. The van der Waals surface area contributed by atoms with Crippen LogP contribution in [0.2, 0.25) is 0 Å². The molecule has 0 radical (unpaired) electrons. The smallest absolute Gasteiger partial charge is 0.301 e. The second-order valence-electron chi connectivity index (χ2n) is 5.04. The zero-order chi connectivity index (χ0) is 14.8. The van der Waals surface area contributed by atoms with Crippen molar-refractivity contribution in [3.8, 4) is 0 Å². The van der Waals surface area contributed by atoms with Crippen LogP contribution in [-0.4, -0.2) is 31.9 Å². The normalized spacial score (nSPS) is 20.9. The van der Waals surface area contributed by atoms with E-state index in [0.29, 0.717) is 18.8 Å². The molecule has 0 spiro atoms. The molecular formula is C13H20BrN3O2S. The lowest BCUT2D eigenvalue weighted by atomic mass is 10.1. The number of nitrogens with one attached hydrogen (secondary N) is 1. The maximum atomic E-state index is 12.5. The second kappa shape index (κ2) is 6.43. The van der Waals surface area contributed by atoms with E-state index in [2.05, 4.69) is 20.7 Å². The van der Waals surface area contributed by atoms with Crippen LogP contribution in [0, 0.1) is 6.92 Å². The van der Waals surface area contributed by atoms with Gasteiger partial charge in [-0.3, -0.25) is 4.72 Å². The first kappa shape index (κ1) is 15.8. The number of nitrogens with zero attached hydrogens (tertiary/aromatic N) is 1. The second-order valence-corrected chi connectivity index (χ2v) is 7.46. The van der Waals surface area contributed by atoms with Crippen molar-refractivity contribution in [1.29, 1.82) is 0 Å². The lowest BCUT2D eigenvalue weighted by Gasteiger charge is -2.34. The molecule has 2 rings (SSSR count). The molecule has 1 aliphatic rings. The fourth-order valence-electron chi connectivity index (χ4n) is 2.45. The molecule has 1 aromatic rings. The van der Waals surface area contributed by atoms with E-state index < -0.39 is 10.2 Å². The van der Waals surface area contributed by atoms with E-state index in [1.165, 1.54) is 4.31 Å². The summed E-state index contributed by atoms with van der Waals surface area (Å²) in [4.78, 5) is 0. The number of rotatable bonds is 4. The molecule has 3 N–H and O–H groups in total. The van der Waals surface area contributed by atoms with Gasteiger partial charge in [0.25, 0.3) is 0 Å². The minimum Gasteiger partial charge on any atom is -0.329 e. The highest BCUT2D eigenvalue weighted by atomic mass is 79.9. The zero-order valence-electron chi connectivity index (χ0n) is 11.5. The summed E-state index contributed by atoms with van der Waals surface area (Å²) < 4.78 is 30.0. The minimum absolute atomic E-state index is 0.107. The third kappa shape index (κ3) is 3.33. The monoisotopic (exact) mass is 361 g/mol. The summed E-state index contributed by atoms with van der Waals surface area (Å²) >= 11 is 3.42. The maximum absolute atomic E-state index is 12.5. The Hall–Kier alpha value is -0.630. The molecule has 1 unspecified atom stereocenters. The molecule has 20 heavy (non-hydrogen) atoms. The third-order valence-electron chi connectivity index (χ3n) is 3.58. The van der Waals surface area contributed by atoms with Gasteiger partial charge in [-0.25, -0.2) is 0 Å². The molecule has 1 aromatic carbocycles. The Morgan fingerprint density at radius 3 is 2.90 bits per heavy atom. The number of halogens is 1. The summed E-state index contributed by atoms with van der Waals surface area (Å²) in [7, 11) is -3.56. The molecule has 7 heteroatoms. The summed E-state index contributed by atoms with van der Waals surface area (Å²) in [5.41, 5.74) is 7.24. The first-order valence-corrected chi connectivity index (χ1v) is 8.94. The summed E-state index contributed by atoms with van der Waals surface area (Å²) in [5, 5.41) is 0. The van der Waals surface area contributed by atoms with Crippen LogP contribution in [0.25, 0.3) is 0 Å². The van der Waals surface area contributed by atoms with Crippen LogP contribution in [0.4, 0.5) is 5.69 Å². The topological polar surface area (TPSA) is 75.4 Å². The highest BCUT2D eigenvalue weighted by Gasteiger charge is 2.31. The van der Waals surface area contributed by atoms with Crippen molar-refractivity contribution in [2.24, 2.45) is 5.73 Å². The highest BCUT2D eigenvalue weighted by molar-refractivity contribution is 9.10. The van der Waals surface area contributed by atoms with Crippen LogP contribution in [0.3, 0.4) is 0 Å². The van der Waals surface area contributed by atoms with Gasteiger partial charge in [0, 0.05) is 23.6 Å². The van der Waals surface area contributed by atoms with E-state index in [4.69, 9.17) is 5.73 Å². The lowest BCUT2D eigenvalue weighted by Crippen LogP contribution is -2.49. The van der Waals surface area contributed by atoms with Gasteiger partial charge in [-0.2, -0.15) is 12.7 Å². The zero-order valence-corrected chi connectivity index (χ0v) is 13.9. The van der Waals surface area contributed by atoms with Gasteiger partial charge in [0.15, 0.2) is 0 Å². The molecule has 1 fully saturated rings. The fraction of sp³-hybridized carbons (Fsp3) is 0.538. The largest absolute Gasteiger partial charge is 0.329 e. The number of aryl methyl sites for hydroxylation is 1. The third-order valence-corrected chi connectivity index (χ3v) is 6.21. The Bertz CT molecular complexity index is 577. The molecule has 112 valence electrons. The molecular weight excluding hydrogens is 342 g/mol. The van der Waals surface area contributed by atoms with E-state index in [1.807, 2.05) is 19.1 Å². The predicted molar refractivity (Wildman–Crippen MR) is 84.8 cm³/mol. The molecule has 0 aromatic heterocycles. The molecule has 1 heterocycles. The average molecular weight is 362 g/mol. The number of benzene rings is 1. The van der Waals surface area contributed by atoms with E-state index in [-0.39, 0.29) is 6.04 Å². The SMILES string of the molecule is Cc1cccc(NS(=O)(=O)N2CCCCC2CN)c1Br. The molecule has 0 saturated carbocycles. The molecule has 0 amide bonds. The van der Waals surface area contributed by atoms with Crippen LogP contribution < -0.4 is 10.5 Å². The van der Waals surface area contributed by atoms with Crippen LogP contribution >= 0.6 is 15.9 Å². The van der Waals surface area contributed by atoms with Gasteiger partial charge in [0.1, 0.15) is 0 Å². The molecule has 1 saturated heterocycles. The fourth-order valence-corrected chi connectivity index (χ4v) is 4.46. The van der Waals surface area contributed by atoms with Crippen molar-refractivity contribution in [3.63, 3.8) is 0 Å². The Balaban J connectivity index is 2.24. The van der Waals surface area contributed by atoms with E-state index in [9.17, 15) is 8.42 Å². The van der Waals surface area contributed by atoms with Crippen LogP contribution in [0.5, 0.6) is 0 Å². The van der Waals surface area contributed by atoms with Gasteiger partial charge in [-0.1, -0.05) is 18.6 Å². The van der Waals surface area contributed by atoms with E-state index in [1.54, 1.807) is 6.07 Å². The van der Waals surface area contributed by atoms with Crippen molar-refractivity contribution in [1.82, 2.24) is 4.31 Å². The molecule has 5 nitrogen and oxygen atoms in total. The van der Waals surface area contributed by atoms with E-state index >= 15 is 0 Å². The van der Waals surface area contributed by atoms with Crippen molar-refractivity contribution in [3.05, 3.63) is 28.2 Å².